The molecule has 0 aromatic heterocycles. The van der Waals surface area contributed by atoms with E-state index in [1.54, 1.807) is 4.90 Å². The van der Waals surface area contributed by atoms with Crippen molar-refractivity contribution >= 4 is 22.0 Å². The maximum Gasteiger partial charge on any atom is 0.410 e. The second-order valence-corrected chi connectivity index (χ2v) is 5.48. The van der Waals surface area contributed by atoms with Crippen molar-refractivity contribution in [1.29, 1.82) is 0 Å². The highest BCUT2D eigenvalue weighted by atomic mass is 79.9. The Morgan fingerprint density at radius 3 is 2.67 bits per heavy atom. The Kier molecular flexibility index (Phi) is 4.00. The number of β-amino-alcohol motifs (C(OH)–C–C–N with tert-alkyl or cyclic N) is 1. The predicted octanol–water partition coefficient (Wildman–Crippen LogP) is 1.75. The summed E-state index contributed by atoms with van der Waals surface area (Å²) < 4.78 is 5.26. The minimum absolute atomic E-state index is 0.0369. The molecule has 88 valence electrons. The summed E-state index contributed by atoms with van der Waals surface area (Å²) in [6.07, 6.45) is -0.159. The molecule has 0 spiro atoms. The number of aliphatic hydroxyl groups excluding tert-OH is 1. The Bertz CT molecular complexity index is 239. The molecule has 2 atom stereocenters. The standard InChI is InChI=1S/C10H18BrNO3/c1-10(2,3)15-9(14)12-6-8(13)4-7(12)5-11/h7-8,13H,4-6H2,1-3H3/t7-,8?/m1/s1. The van der Waals surface area contributed by atoms with Crippen LogP contribution in [0.3, 0.4) is 0 Å². The summed E-state index contributed by atoms with van der Waals surface area (Å²) in [5.41, 5.74) is -0.485. The topological polar surface area (TPSA) is 49.8 Å². The minimum atomic E-state index is -0.485. The van der Waals surface area contributed by atoms with Gasteiger partial charge in [0.2, 0.25) is 0 Å². The van der Waals surface area contributed by atoms with Gasteiger partial charge in [-0.3, -0.25) is 0 Å². The minimum Gasteiger partial charge on any atom is -0.444 e. The zero-order valence-electron chi connectivity index (χ0n) is 9.36. The highest BCUT2D eigenvalue weighted by molar-refractivity contribution is 9.09. The van der Waals surface area contributed by atoms with Gasteiger partial charge in [0.05, 0.1) is 12.6 Å². The van der Waals surface area contributed by atoms with E-state index in [9.17, 15) is 9.90 Å². The van der Waals surface area contributed by atoms with Crippen LogP contribution in [0.25, 0.3) is 0 Å². The van der Waals surface area contributed by atoms with Gasteiger partial charge in [-0.2, -0.15) is 0 Å². The van der Waals surface area contributed by atoms with Crippen LogP contribution in [0.1, 0.15) is 27.2 Å². The van der Waals surface area contributed by atoms with Gasteiger partial charge in [-0.25, -0.2) is 4.79 Å². The number of amides is 1. The average molecular weight is 280 g/mol. The van der Waals surface area contributed by atoms with E-state index in [2.05, 4.69) is 15.9 Å². The summed E-state index contributed by atoms with van der Waals surface area (Å²) in [7, 11) is 0. The zero-order valence-corrected chi connectivity index (χ0v) is 11.0. The smallest absolute Gasteiger partial charge is 0.410 e. The van der Waals surface area contributed by atoms with E-state index in [1.807, 2.05) is 20.8 Å². The fourth-order valence-corrected chi connectivity index (χ4v) is 2.20. The van der Waals surface area contributed by atoms with Crippen LogP contribution >= 0.6 is 15.9 Å². The van der Waals surface area contributed by atoms with Crippen molar-refractivity contribution < 1.29 is 14.6 Å². The Labute approximate surface area is 98.7 Å². The lowest BCUT2D eigenvalue weighted by atomic mass is 10.2. The molecule has 1 heterocycles. The number of rotatable bonds is 1. The highest BCUT2D eigenvalue weighted by Crippen LogP contribution is 2.22. The molecule has 1 saturated heterocycles. The number of nitrogens with zero attached hydrogens (tertiary/aromatic N) is 1. The molecule has 0 aromatic carbocycles. The van der Waals surface area contributed by atoms with Crippen molar-refractivity contribution in [2.45, 2.75) is 44.9 Å². The molecule has 0 radical (unpaired) electrons. The van der Waals surface area contributed by atoms with Gasteiger partial charge in [0.25, 0.3) is 0 Å². The molecule has 1 amide bonds. The number of hydrogen-bond acceptors (Lipinski definition) is 3. The summed E-state index contributed by atoms with van der Waals surface area (Å²) in [4.78, 5) is 13.3. The Morgan fingerprint density at radius 1 is 1.60 bits per heavy atom. The first-order valence-corrected chi connectivity index (χ1v) is 6.19. The van der Waals surface area contributed by atoms with Gasteiger partial charge in [0.1, 0.15) is 5.60 Å². The van der Waals surface area contributed by atoms with Crippen molar-refractivity contribution in [2.24, 2.45) is 0 Å². The van der Waals surface area contributed by atoms with Crippen molar-refractivity contribution in [3.8, 4) is 0 Å². The quantitative estimate of drug-likeness (QED) is 0.744. The lowest BCUT2D eigenvalue weighted by molar-refractivity contribution is 0.0223. The summed E-state index contributed by atoms with van der Waals surface area (Å²) in [5, 5.41) is 10.1. The first-order chi connectivity index (χ1) is 6.83. The van der Waals surface area contributed by atoms with E-state index in [0.717, 1.165) is 0 Å². The third-order valence-corrected chi connectivity index (χ3v) is 2.95. The first kappa shape index (κ1) is 12.8. The normalized spacial score (nSPS) is 26.9. The van der Waals surface area contributed by atoms with E-state index in [4.69, 9.17) is 4.74 Å². The summed E-state index contributed by atoms with van der Waals surface area (Å²) in [5.74, 6) is 0. The van der Waals surface area contributed by atoms with Crippen LogP contribution in [0.5, 0.6) is 0 Å². The predicted molar refractivity (Wildman–Crippen MR) is 61.1 cm³/mol. The number of hydrogen-bond donors (Lipinski definition) is 1. The Hall–Kier alpha value is -0.290. The first-order valence-electron chi connectivity index (χ1n) is 5.07. The molecule has 0 bridgehead atoms. The van der Waals surface area contributed by atoms with Crippen molar-refractivity contribution in [1.82, 2.24) is 4.90 Å². The third kappa shape index (κ3) is 3.65. The van der Waals surface area contributed by atoms with Gasteiger partial charge >= 0.3 is 6.09 Å². The number of likely N-dealkylation sites (tertiary alicyclic amines) is 1. The van der Waals surface area contributed by atoms with Crippen LogP contribution in [0.2, 0.25) is 0 Å². The number of alkyl halides is 1. The van der Waals surface area contributed by atoms with Crippen LogP contribution in [-0.2, 0) is 4.74 Å². The molecule has 15 heavy (non-hydrogen) atoms. The number of halogens is 1. The molecule has 1 N–H and O–H groups in total. The van der Waals surface area contributed by atoms with Crippen LogP contribution in [0, 0.1) is 0 Å². The van der Waals surface area contributed by atoms with Crippen molar-refractivity contribution in [2.75, 3.05) is 11.9 Å². The lowest BCUT2D eigenvalue weighted by Gasteiger charge is -2.27. The summed E-state index contributed by atoms with van der Waals surface area (Å²) in [6.45, 7) is 5.87. The van der Waals surface area contributed by atoms with Gasteiger partial charge in [0.15, 0.2) is 0 Å². The van der Waals surface area contributed by atoms with Crippen molar-refractivity contribution in [3.05, 3.63) is 0 Å². The molecular weight excluding hydrogens is 262 g/mol. The van der Waals surface area contributed by atoms with Crippen LogP contribution in [-0.4, -0.2) is 45.7 Å². The molecule has 1 aliphatic heterocycles. The molecule has 1 fully saturated rings. The molecule has 0 saturated carbocycles. The lowest BCUT2D eigenvalue weighted by Crippen LogP contribution is -2.40. The maximum absolute atomic E-state index is 11.7. The molecule has 1 aliphatic rings. The monoisotopic (exact) mass is 279 g/mol. The van der Waals surface area contributed by atoms with Crippen LogP contribution in [0.15, 0.2) is 0 Å². The van der Waals surface area contributed by atoms with E-state index in [-0.39, 0.29) is 12.1 Å². The Morgan fingerprint density at radius 2 is 2.20 bits per heavy atom. The van der Waals surface area contributed by atoms with Crippen LogP contribution < -0.4 is 0 Å². The fraction of sp³-hybridized carbons (Fsp3) is 0.900. The molecule has 1 rings (SSSR count). The van der Waals surface area contributed by atoms with Crippen LogP contribution in [0.4, 0.5) is 4.79 Å². The molecule has 5 heteroatoms. The van der Waals surface area contributed by atoms with E-state index in [0.29, 0.717) is 18.3 Å². The molecule has 4 nitrogen and oxygen atoms in total. The number of carbonyl (C=O) groups excluding carboxylic acids is 1. The largest absolute Gasteiger partial charge is 0.444 e. The van der Waals surface area contributed by atoms with E-state index in [1.165, 1.54) is 0 Å². The number of carbonyl (C=O) groups is 1. The zero-order chi connectivity index (χ0) is 11.6. The molecule has 0 aliphatic carbocycles. The van der Waals surface area contributed by atoms with E-state index >= 15 is 0 Å². The van der Waals surface area contributed by atoms with Gasteiger partial charge in [-0.15, -0.1) is 0 Å². The molecular formula is C10H18BrNO3. The number of ether oxygens (including phenoxy) is 1. The SMILES string of the molecule is CC(C)(C)OC(=O)N1CC(O)C[C@@H]1CBr. The van der Waals surface area contributed by atoms with Gasteiger partial charge in [-0.1, -0.05) is 15.9 Å². The summed E-state index contributed by atoms with van der Waals surface area (Å²) in [6, 6.07) is 0.0369. The van der Waals surface area contributed by atoms with Gasteiger partial charge in [-0.05, 0) is 27.2 Å². The highest BCUT2D eigenvalue weighted by Gasteiger charge is 2.35. The molecule has 0 aromatic rings. The second-order valence-electron chi connectivity index (χ2n) is 4.83. The third-order valence-electron chi connectivity index (χ3n) is 2.20. The molecule has 1 unspecified atom stereocenters. The maximum atomic E-state index is 11.7. The van der Waals surface area contributed by atoms with Gasteiger partial charge < -0.3 is 14.7 Å². The van der Waals surface area contributed by atoms with Gasteiger partial charge in [0, 0.05) is 11.4 Å². The van der Waals surface area contributed by atoms with E-state index < -0.39 is 11.7 Å². The number of aliphatic hydroxyl groups is 1. The van der Waals surface area contributed by atoms with Crippen molar-refractivity contribution in [3.63, 3.8) is 0 Å². The Balaban J connectivity index is 2.59. The fourth-order valence-electron chi connectivity index (χ4n) is 1.58. The summed E-state index contributed by atoms with van der Waals surface area (Å²) >= 11 is 3.33. The average Bonchev–Trinajstić information content (AvgIpc) is 2.43. The second kappa shape index (κ2) is 4.70.